The van der Waals surface area contributed by atoms with Crippen LogP contribution in [0, 0.1) is 0 Å². The minimum atomic E-state index is -0.361. The Morgan fingerprint density at radius 3 is 2.00 bits per heavy atom. The molecule has 0 aliphatic rings. The van der Waals surface area contributed by atoms with Crippen LogP contribution in [-0.4, -0.2) is 21.1 Å². The molecule has 0 fully saturated rings. The van der Waals surface area contributed by atoms with Gasteiger partial charge in [0.15, 0.2) is 16.7 Å². The number of nitrogens with one attached hydrogen (secondary N) is 1. The second kappa shape index (κ2) is 9.89. The summed E-state index contributed by atoms with van der Waals surface area (Å²) in [6.45, 7) is 2.01. The molecule has 0 bridgehead atoms. The first-order valence-electron chi connectivity index (χ1n) is 11.0. The zero-order valence-corrected chi connectivity index (χ0v) is 19.4. The molecule has 6 nitrogen and oxygen atoms in total. The maximum Gasteiger partial charge on any atom is 0.245 e. The third-order valence-electron chi connectivity index (χ3n) is 5.35. The summed E-state index contributed by atoms with van der Waals surface area (Å²) in [4.78, 5) is 23.7. The quantitative estimate of drug-likeness (QED) is 0.244. The maximum absolute atomic E-state index is 13.9. The van der Waals surface area contributed by atoms with E-state index in [-0.39, 0.29) is 11.2 Å². The van der Waals surface area contributed by atoms with E-state index in [4.69, 9.17) is 13.8 Å². The lowest BCUT2D eigenvalue weighted by Gasteiger charge is -2.26. The third-order valence-corrected chi connectivity index (χ3v) is 6.59. The standard InChI is InChI=1S/C27H23N3O3S/c1-2-23(26(31)30(19-11-5-3-6-12-19)20-13-7-4-8-14-20)34-27-28-24(21-15-9-17-32-21)25(29-27)22-16-10-18-33-22/h3-18,23H,2H2,1H3,(H,28,29). The van der Waals surface area contributed by atoms with Crippen LogP contribution in [0.4, 0.5) is 11.4 Å². The van der Waals surface area contributed by atoms with E-state index >= 15 is 0 Å². The molecule has 3 aromatic heterocycles. The number of benzene rings is 2. The Labute approximate surface area is 201 Å². The van der Waals surface area contributed by atoms with Crippen molar-refractivity contribution in [3.8, 4) is 22.9 Å². The molecule has 2 aromatic carbocycles. The van der Waals surface area contributed by atoms with Crippen LogP contribution in [0.1, 0.15) is 13.3 Å². The van der Waals surface area contributed by atoms with Crippen molar-refractivity contribution in [2.24, 2.45) is 0 Å². The van der Waals surface area contributed by atoms with E-state index in [0.717, 1.165) is 11.4 Å². The Morgan fingerprint density at radius 2 is 1.47 bits per heavy atom. The van der Waals surface area contributed by atoms with Gasteiger partial charge < -0.3 is 13.8 Å². The van der Waals surface area contributed by atoms with Crippen LogP contribution in [0.5, 0.6) is 0 Å². The van der Waals surface area contributed by atoms with E-state index in [1.54, 1.807) is 17.4 Å². The molecule has 5 rings (SSSR count). The number of aromatic nitrogens is 2. The number of imidazole rings is 1. The summed E-state index contributed by atoms with van der Waals surface area (Å²) < 4.78 is 11.2. The van der Waals surface area contributed by atoms with Crippen LogP contribution in [0.25, 0.3) is 22.9 Å². The number of amides is 1. The fraction of sp³-hybridized carbons (Fsp3) is 0.111. The van der Waals surface area contributed by atoms with Gasteiger partial charge in [-0.1, -0.05) is 55.1 Å². The smallest absolute Gasteiger partial charge is 0.245 e. The summed E-state index contributed by atoms with van der Waals surface area (Å²) in [6, 6.07) is 26.8. The predicted molar refractivity (Wildman–Crippen MR) is 134 cm³/mol. The summed E-state index contributed by atoms with van der Waals surface area (Å²) in [5.41, 5.74) is 3.01. The highest BCUT2D eigenvalue weighted by Gasteiger charge is 2.28. The fourth-order valence-corrected chi connectivity index (χ4v) is 4.69. The van der Waals surface area contributed by atoms with Crippen molar-refractivity contribution in [2.45, 2.75) is 23.8 Å². The van der Waals surface area contributed by atoms with Crippen LogP contribution in [0.2, 0.25) is 0 Å². The Hall–Kier alpha value is -3.97. The van der Waals surface area contributed by atoms with Crippen LogP contribution < -0.4 is 4.90 Å². The number of carbonyl (C=O) groups excluding carboxylic acids is 1. The van der Waals surface area contributed by atoms with Crippen molar-refractivity contribution in [1.29, 1.82) is 0 Å². The van der Waals surface area contributed by atoms with Crippen LogP contribution in [0.3, 0.4) is 0 Å². The van der Waals surface area contributed by atoms with E-state index in [1.807, 2.05) is 91.9 Å². The fourth-order valence-electron chi connectivity index (χ4n) is 3.74. The van der Waals surface area contributed by atoms with E-state index in [2.05, 4.69) is 4.98 Å². The summed E-state index contributed by atoms with van der Waals surface area (Å²) >= 11 is 1.40. The Morgan fingerprint density at radius 1 is 0.882 bits per heavy atom. The van der Waals surface area contributed by atoms with Gasteiger partial charge in [-0.15, -0.1) is 0 Å². The lowest BCUT2D eigenvalue weighted by atomic mass is 10.2. The van der Waals surface area contributed by atoms with Gasteiger partial charge in [-0.25, -0.2) is 4.98 Å². The predicted octanol–water partition coefficient (Wildman–Crippen LogP) is 7.17. The normalized spacial score (nSPS) is 11.9. The zero-order chi connectivity index (χ0) is 23.3. The maximum atomic E-state index is 13.9. The summed E-state index contributed by atoms with van der Waals surface area (Å²) in [7, 11) is 0. The highest BCUT2D eigenvalue weighted by molar-refractivity contribution is 8.00. The number of furan rings is 2. The Kier molecular flexibility index (Phi) is 6.35. The second-order valence-electron chi connectivity index (χ2n) is 7.58. The monoisotopic (exact) mass is 469 g/mol. The number of carbonyl (C=O) groups is 1. The SMILES string of the molecule is CCC(Sc1nc(-c2ccco2)c(-c2ccco2)[nH]1)C(=O)N(c1ccccc1)c1ccccc1. The number of nitrogens with zero attached hydrogens (tertiary/aromatic N) is 2. The first-order valence-corrected chi connectivity index (χ1v) is 11.9. The number of aromatic amines is 1. The molecule has 0 radical (unpaired) electrons. The lowest BCUT2D eigenvalue weighted by Crippen LogP contribution is -2.34. The molecule has 0 saturated carbocycles. The number of hydrogen-bond acceptors (Lipinski definition) is 5. The van der Waals surface area contributed by atoms with Gasteiger partial charge in [-0.05, 0) is 55.0 Å². The number of thioether (sulfide) groups is 1. The summed E-state index contributed by atoms with van der Waals surface area (Å²) in [6.07, 6.45) is 3.86. The molecule has 5 aromatic rings. The van der Waals surface area contributed by atoms with Crippen molar-refractivity contribution in [3.05, 3.63) is 97.5 Å². The highest BCUT2D eigenvalue weighted by Crippen LogP contribution is 2.36. The van der Waals surface area contributed by atoms with Crippen molar-refractivity contribution in [2.75, 3.05) is 4.90 Å². The molecule has 34 heavy (non-hydrogen) atoms. The third kappa shape index (κ3) is 4.43. The van der Waals surface area contributed by atoms with Gasteiger partial charge in [0.2, 0.25) is 5.91 Å². The molecular weight excluding hydrogens is 446 g/mol. The minimum absolute atomic E-state index is 0.0135. The Bertz CT molecular complexity index is 1240. The molecule has 0 aliphatic carbocycles. The number of H-pyrrole nitrogens is 1. The Balaban J connectivity index is 1.48. The van der Waals surface area contributed by atoms with Gasteiger partial charge in [0.1, 0.15) is 11.4 Å². The molecule has 0 spiro atoms. The average Bonchev–Trinajstić information content (AvgIpc) is 3.66. The number of para-hydroxylation sites is 2. The first-order chi connectivity index (χ1) is 16.7. The minimum Gasteiger partial charge on any atom is -0.463 e. The van der Waals surface area contributed by atoms with Gasteiger partial charge in [-0.2, -0.15) is 0 Å². The highest BCUT2D eigenvalue weighted by atomic mass is 32.2. The summed E-state index contributed by atoms with van der Waals surface area (Å²) in [5.74, 6) is 1.27. The van der Waals surface area contributed by atoms with Crippen LogP contribution in [0.15, 0.2) is 111 Å². The molecule has 1 unspecified atom stereocenters. The van der Waals surface area contributed by atoms with Crippen LogP contribution >= 0.6 is 11.8 Å². The molecular formula is C27H23N3O3S. The second-order valence-corrected chi connectivity index (χ2v) is 8.77. The largest absolute Gasteiger partial charge is 0.463 e. The van der Waals surface area contributed by atoms with Gasteiger partial charge in [0, 0.05) is 11.4 Å². The number of hydrogen-bond donors (Lipinski definition) is 1. The number of anilines is 2. The molecule has 1 amide bonds. The molecule has 1 N–H and O–H groups in total. The molecule has 3 heterocycles. The molecule has 0 saturated heterocycles. The van der Waals surface area contributed by atoms with E-state index < -0.39 is 0 Å². The van der Waals surface area contributed by atoms with Crippen LogP contribution in [-0.2, 0) is 4.79 Å². The molecule has 7 heteroatoms. The van der Waals surface area contributed by atoms with Gasteiger partial charge in [-0.3, -0.25) is 9.69 Å². The summed E-state index contributed by atoms with van der Waals surface area (Å²) in [5, 5.41) is 0.263. The lowest BCUT2D eigenvalue weighted by molar-refractivity contribution is -0.117. The molecule has 0 aliphatic heterocycles. The van der Waals surface area contributed by atoms with E-state index in [0.29, 0.717) is 34.5 Å². The zero-order valence-electron chi connectivity index (χ0n) is 18.5. The van der Waals surface area contributed by atoms with Crippen molar-refractivity contribution >= 4 is 29.0 Å². The van der Waals surface area contributed by atoms with Gasteiger partial charge in [0.05, 0.1) is 17.8 Å². The van der Waals surface area contributed by atoms with Gasteiger partial charge in [0.25, 0.3) is 0 Å². The van der Waals surface area contributed by atoms with E-state index in [1.165, 1.54) is 11.8 Å². The topological polar surface area (TPSA) is 75.3 Å². The van der Waals surface area contributed by atoms with E-state index in [9.17, 15) is 4.79 Å². The average molecular weight is 470 g/mol. The molecule has 1 atom stereocenters. The van der Waals surface area contributed by atoms with Crippen molar-refractivity contribution < 1.29 is 13.6 Å². The van der Waals surface area contributed by atoms with Crippen molar-refractivity contribution in [3.63, 3.8) is 0 Å². The van der Waals surface area contributed by atoms with Gasteiger partial charge >= 0.3 is 0 Å². The van der Waals surface area contributed by atoms with Crippen molar-refractivity contribution in [1.82, 2.24) is 9.97 Å². The first kappa shape index (κ1) is 21.9. The number of rotatable bonds is 8. The molecule has 170 valence electrons.